The number of carbonyl (C=O) groups is 1. The van der Waals surface area contributed by atoms with E-state index >= 15 is 0 Å². The number of rotatable bonds is 4. The summed E-state index contributed by atoms with van der Waals surface area (Å²) in [7, 11) is 3.28. The highest BCUT2D eigenvalue weighted by atomic mass is 16.1. The minimum atomic E-state index is 0.864. The molecule has 0 unspecified atom stereocenters. The molecule has 0 aromatic heterocycles. The summed E-state index contributed by atoms with van der Waals surface area (Å²) in [4.78, 5) is 11.3. The Morgan fingerprint density at radius 1 is 1.10 bits per heavy atom. The second kappa shape index (κ2) is 6.83. The Bertz CT molecular complexity index is 455. The second-order valence-electron chi connectivity index (χ2n) is 5.04. The lowest BCUT2D eigenvalue weighted by Gasteiger charge is -2.24. The fourth-order valence-corrected chi connectivity index (χ4v) is 3.33. The van der Waals surface area contributed by atoms with E-state index in [1.807, 2.05) is 0 Å². The molecule has 0 saturated carbocycles. The third-order valence-corrected chi connectivity index (χ3v) is 4.02. The van der Waals surface area contributed by atoms with Crippen LogP contribution in [0.3, 0.4) is 0 Å². The molecule has 0 aliphatic heterocycles. The van der Waals surface area contributed by atoms with Crippen molar-refractivity contribution in [1.29, 1.82) is 0 Å². The van der Waals surface area contributed by atoms with Crippen LogP contribution in [0.2, 0.25) is 0 Å². The van der Waals surface area contributed by atoms with E-state index in [1.54, 1.807) is 12.1 Å². The summed E-state index contributed by atoms with van der Waals surface area (Å²) in [5, 5.41) is 1.61. The van der Waals surface area contributed by atoms with Crippen LogP contribution in [0.25, 0.3) is 0 Å². The number of benzene rings is 1. The Morgan fingerprint density at radius 3 is 2.10 bits per heavy atom. The smallest absolute Gasteiger partial charge is 0.229 e. The van der Waals surface area contributed by atoms with Crippen molar-refractivity contribution in [1.82, 2.24) is 11.0 Å². The zero-order chi connectivity index (χ0) is 14.5. The first-order valence-electron chi connectivity index (χ1n) is 7.26. The summed E-state index contributed by atoms with van der Waals surface area (Å²) in [5.41, 5.74) is 17.0. The number of carbonyl (C=O) groups excluding carboxylic acids is 1. The molecule has 1 aromatic rings. The summed E-state index contributed by atoms with van der Waals surface area (Å²) in [6, 6.07) is 2.37. The monoisotopic (exact) mass is 276 g/mol. The number of aryl methyl sites for hydroxylation is 2. The maximum Gasteiger partial charge on any atom is 0.229 e. The van der Waals surface area contributed by atoms with Crippen LogP contribution >= 0.6 is 0 Å². The van der Waals surface area contributed by atoms with Crippen LogP contribution in [-0.4, -0.2) is 20.5 Å². The number of nitrogens with zero attached hydrogens (tertiary/aromatic N) is 1. The van der Waals surface area contributed by atoms with Crippen LogP contribution in [-0.2, 0) is 30.5 Å². The summed E-state index contributed by atoms with van der Waals surface area (Å²) in [5.74, 6) is 0. The van der Waals surface area contributed by atoms with Crippen molar-refractivity contribution < 1.29 is 4.79 Å². The highest BCUT2D eigenvalue weighted by molar-refractivity contribution is 5.80. The summed E-state index contributed by atoms with van der Waals surface area (Å²) in [6.07, 6.45) is 7.77. The molecule has 4 N–H and O–H groups in total. The number of amides is 1. The van der Waals surface area contributed by atoms with Gasteiger partial charge in [-0.1, -0.05) is 6.07 Å². The molecule has 3 rings (SSSR count). The maximum atomic E-state index is 11.3. The van der Waals surface area contributed by atoms with E-state index in [4.69, 9.17) is 0 Å². The summed E-state index contributed by atoms with van der Waals surface area (Å²) < 4.78 is 0. The van der Waals surface area contributed by atoms with Gasteiger partial charge in [-0.15, -0.1) is 0 Å². The van der Waals surface area contributed by atoms with E-state index in [0.29, 0.717) is 0 Å². The van der Waals surface area contributed by atoms with E-state index < -0.39 is 0 Å². The van der Waals surface area contributed by atoms with E-state index in [9.17, 15) is 4.79 Å². The van der Waals surface area contributed by atoms with Gasteiger partial charge in [-0.05, 0) is 67.8 Å². The highest BCUT2D eigenvalue weighted by Crippen LogP contribution is 2.39. The zero-order valence-corrected chi connectivity index (χ0v) is 12.3. The van der Waals surface area contributed by atoms with E-state index in [0.717, 1.165) is 37.8 Å². The minimum absolute atomic E-state index is 0.864. The zero-order valence-electron chi connectivity index (χ0n) is 12.3. The predicted octanol–water partition coefficient (Wildman–Crippen LogP) is 0.841. The lowest BCUT2D eigenvalue weighted by atomic mass is 9.98. The van der Waals surface area contributed by atoms with Crippen molar-refractivity contribution in [2.45, 2.75) is 38.5 Å². The summed E-state index contributed by atoms with van der Waals surface area (Å²) in [6.45, 7) is 0. The molecule has 0 heterocycles. The number of nitrogens with one attached hydrogen (secondary N) is 2. The molecule has 0 radical (unpaired) electrons. The van der Waals surface area contributed by atoms with Gasteiger partial charge in [-0.3, -0.25) is 4.79 Å². The van der Waals surface area contributed by atoms with Crippen LogP contribution < -0.4 is 21.7 Å². The Hall–Kier alpha value is -1.43. The first-order chi connectivity index (χ1) is 9.85. The second-order valence-corrected chi connectivity index (χ2v) is 5.04. The predicted molar refractivity (Wildman–Crippen MR) is 81.3 cm³/mol. The van der Waals surface area contributed by atoms with Crippen LogP contribution in [0, 0.1) is 0 Å². The van der Waals surface area contributed by atoms with E-state index in [1.165, 1.54) is 42.1 Å². The number of hydrogen-bond acceptors (Lipinski definition) is 4. The quantitative estimate of drug-likeness (QED) is 0.563. The lowest BCUT2D eigenvalue weighted by molar-refractivity contribution is -0.108. The molecule has 5 heteroatoms. The van der Waals surface area contributed by atoms with Crippen LogP contribution in [0.5, 0.6) is 0 Å². The van der Waals surface area contributed by atoms with Gasteiger partial charge in [-0.25, -0.2) is 10.4 Å². The molecule has 1 aromatic carbocycles. The maximum absolute atomic E-state index is 11.3. The Morgan fingerprint density at radius 2 is 1.65 bits per heavy atom. The normalized spacial score (nSPS) is 15.2. The Kier molecular flexibility index (Phi) is 5.11. The molecule has 0 saturated heterocycles. The van der Waals surface area contributed by atoms with Crippen molar-refractivity contribution in [3.63, 3.8) is 0 Å². The van der Waals surface area contributed by atoms with Crippen LogP contribution in [0.4, 0.5) is 5.69 Å². The first kappa shape index (κ1) is 15.0. The molecule has 0 fully saturated rings. The van der Waals surface area contributed by atoms with Gasteiger partial charge in [0.25, 0.3) is 0 Å². The van der Waals surface area contributed by atoms with Gasteiger partial charge in [0.2, 0.25) is 6.41 Å². The molecule has 110 valence electrons. The van der Waals surface area contributed by atoms with Gasteiger partial charge in [0.05, 0.1) is 5.69 Å². The van der Waals surface area contributed by atoms with Crippen LogP contribution in [0.1, 0.15) is 35.1 Å². The Balaban J connectivity index is 0.000000704. The van der Waals surface area contributed by atoms with Crippen molar-refractivity contribution >= 4 is 12.1 Å². The average Bonchev–Trinajstić information content (AvgIpc) is 3.13. The number of fused-ring (bicyclic) bond motifs is 2. The third-order valence-electron chi connectivity index (χ3n) is 4.02. The van der Waals surface area contributed by atoms with E-state index in [-0.39, 0.29) is 0 Å². The van der Waals surface area contributed by atoms with Crippen molar-refractivity contribution in [3.8, 4) is 0 Å². The SMILES string of the molecule is CN.CNNN(C=O)c1c2c(cc3c1CCC3)CCC2. The molecule has 0 spiro atoms. The highest BCUT2D eigenvalue weighted by Gasteiger charge is 2.26. The molecule has 20 heavy (non-hydrogen) atoms. The number of anilines is 1. The number of hydrogen-bond donors (Lipinski definition) is 3. The molecular formula is C15H24N4O. The molecule has 1 amide bonds. The fraction of sp³-hybridized carbons (Fsp3) is 0.533. The molecule has 0 bridgehead atoms. The molecular weight excluding hydrogens is 252 g/mol. The first-order valence-corrected chi connectivity index (χ1v) is 7.26. The van der Waals surface area contributed by atoms with Crippen LogP contribution in [0.15, 0.2) is 6.07 Å². The molecule has 5 nitrogen and oxygen atoms in total. The van der Waals surface area contributed by atoms with Gasteiger partial charge < -0.3 is 5.73 Å². The largest absolute Gasteiger partial charge is 0.333 e. The van der Waals surface area contributed by atoms with Gasteiger partial charge in [-0.2, -0.15) is 5.53 Å². The van der Waals surface area contributed by atoms with Gasteiger partial charge >= 0.3 is 0 Å². The lowest BCUT2D eigenvalue weighted by Crippen LogP contribution is -2.45. The number of hydrazine groups is 2. The standard InChI is InChI=1S/C14H19N3O.CH5N/c1-15-16-17(9-18)14-12-6-2-4-10(12)8-11-5-3-7-13(11)14;1-2/h8-9,15-16H,2-7H2,1H3;2H2,1H3. The number of nitrogens with two attached hydrogens (primary N) is 1. The van der Waals surface area contributed by atoms with E-state index in [2.05, 4.69) is 22.8 Å². The average molecular weight is 276 g/mol. The van der Waals surface area contributed by atoms with Gasteiger partial charge in [0.1, 0.15) is 0 Å². The topological polar surface area (TPSA) is 70.4 Å². The fourth-order valence-electron chi connectivity index (χ4n) is 3.33. The van der Waals surface area contributed by atoms with Crippen molar-refractivity contribution in [3.05, 3.63) is 28.3 Å². The Labute approximate surface area is 120 Å². The minimum Gasteiger partial charge on any atom is -0.333 e. The van der Waals surface area contributed by atoms with Crippen molar-refractivity contribution in [2.24, 2.45) is 5.73 Å². The van der Waals surface area contributed by atoms with Gasteiger partial charge in [0.15, 0.2) is 0 Å². The van der Waals surface area contributed by atoms with Crippen molar-refractivity contribution in [2.75, 3.05) is 19.1 Å². The molecule has 2 aliphatic carbocycles. The molecule has 2 aliphatic rings. The third kappa shape index (κ3) is 2.57. The summed E-state index contributed by atoms with van der Waals surface area (Å²) >= 11 is 0. The molecule has 0 atom stereocenters. The van der Waals surface area contributed by atoms with Gasteiger partial charge in [0, 0.05) is 7.05 Å².